The molecule has 0 bridgehead atoms. The third-order valence-corrected chi connectivity index (χ3v) is 5.54. The number of anilines is 1. The molecule has 1 aromatic heterocycles. The molecule has 1 N–H and O–H groups in total. The summed E-state index contributed by atoms with van der Waals surface area (Å²) in [6.07, 6.45) is 2.11. The maximum absolute atomic E-state index is 14.6. The number of rotatable bonds is 3. The predicted molar refractivity (Wildman–Crippen MR) is 111 cm³/mol. The SMILES string of the molecule is O=C1C(=O)N(c2ccc(F)cc2F)C(c2ccccn2)/C1=C(/O)c1ccc2c(c1)CCO2. The van der Waals surface area contributed by atoms with E-state index in [1.54, 1.807) is 36.4 Å². The van der Waals surface area contributed by atoms with Crippen molar-refractivity contribution in [2.45, 2.75) is 12.5 Å². The fourth-order valence-corrected chi connectivity index (χ4v) is 4.06. The highest BCUT2D eigenvalue weighted by Gasteiger charge is 2.48. The Labute approximate surface area is 181 Å². The van der Waals surface area contributed by atoms with Gasteiger partial charge in [0.05, 0.1) is 23.6 Å². The van der Waals surface area contributed by atoms with Crippen LogP contribution in [0.5, 0.6) is 5.75 Å². The van der Waals surface area contributed by atoms with Crippen LogP contribution in [0.4, 0.5) is 14.5 Å². The van der Waals surface area contributed by atoms with Crippen molar-refractivity contribution in [3.63, 3.8) is 0 Å². The first-order chi connectivity index (χ1) is 15.5. The number of hydrogen-bond acceptors (Lipinski definition) is 5. The predicted octanol–water partition coefficient (Wildman–Crippen LogP) is 3.92. The number of benzene rings is 2. The van der Waals surface area contributed by atoms with E-state index in [9.17, 15) is 23.5 Å². The highest BCUT2D eigenvalue weighted by molar-refractivity contribution is 6.51. The van der Waals surface area contributed by atoms with Crippen LogP contribution < -0.4 is 9.64 Å². The molecule has 1 fully saturated rings. The maximum atomic E-state index is 14.6. The first kappa shape index (κ1) is 19.9. The van der Waals surface area contributed by atoms with E-state index in [1.807, 2.05) is 0 Å². The van der Waals surface area contributed by atoms with Crippen molar-refractivity contribution in [3.05, 3.63) is 94.8 Å². The van der Waals surface area contributed by atoms with Crippen LogP contribution in [-0.2, 0) is 16.0 Å². The van der Waals surface area contributed by atoms with Gasteiger partial charge in [0.25, 0.3) is 11.7 Å². The molecule has 2 aromatic carbocycles. The number of halogens is 2. The number of carbonyl (C=O) groups excluding carboxylic acids is 2. The molecule has 1 saturated heterocycles. The molecule has 0 saturated carbocycles. The molecule has 1 atom stereocenters. The van der Waals surface area contributed by atoms with Gasteiger partial charge in [0.15, 0.2) is 0 Å². The van der Waals surface area contributed by atoms with E-state index < -0.39 is 35.1 Å². The third-order valence-electron chi connectivity index (χ3n) is 5.54. The lowest BCUT2D eigenvalue weighted by Crippen LogP contribution is -2.30. The molecule has 3 aromatic rings. The molecule has 160 valence electrons. The number of pyridine rings is 1. The van der Waals surface area contributed by atoms with Gasteiger partial charge in [0.1, 0.15) is 29.2 Å². The molecule has 5 rings (SSSR count). The smallest absolute Gasteiger partial charge is 0.300 e. The Hall–Kier alpha value is -4.07. The second-order valence-electron chi connectivity index (χ2n) is 7.44. The van der Waals surface area contributed by atoms with E-state index >= 15 is 0 Å². The van der Waals surface area contributed by atoms with Gasteiger partial charge >= 0.3 is 0 Å². The summed E-state index contributed by atoms with van der Waals surface area (Å²) in [5.41, 5.74) is 0.929. The Kier molecular flexibility index (Phi) is 4.70. The fraction of sp³-hybridized carbons (Fsp3) is 0.125. The largest absolute Gasteiger partial charge is 0.507 e. The van der Waals surface area contributed by atoms with E-state index in [2.05, 4.69) is 4.98 Å². The Balaban J connectivity index is 1.71. The summed E-state index contributed by atoms with van der Waals surface area (Å²) in [5, 5.41) is 11.1. The van der Waals surface area contributed by atoms with Gasteiger partial charge in [-0.15, -0.1) is 0 Å². The van der Waals surface area contributed by atoms with Gasteiger partial charge in [-0.05, 0) is 48.0 Å². The number of amides is 1. The lowest BCUT2D eigenvalue weighted by atomic mass is 9.97. The molecule has 8 heteroatoms. The number of Topliss-reactive ketones (excluding diaryl/α,β-unsaturated/α-hetero) is 1. The highest BCUT2D eigenvalue weighted by atomic mass is 19.1. The second kappa shape index (κ2) is 7.56. The monoisotopic (exact) mass is 434 g/mol. The van der Waals surface area contributed by atoms with Gasteiger partial charge in [-0.3, -0.25) is 19.5 Å². The summed E-state index contributed by atoms with van der Waals surface area (Å²) < 4.78 is 33.6. The minimum absolute atomic E-state index is 0.226. The first-order valence-electron chi connectivity index (χ1n) is 9.89. The third kappa shape index (κ3) is 3.11. The Morgan fingerprint density at radius 1 is 1.09 bits per heavy atom. The Morgan fingerprint density at radius 3 is 2.69 bits per heavy atom. The lowest BCUT2D eigenvalue weighted by molar-refractivity contribution is -0.132. The van der Waals surface area contributed by atoms with Crippen LogP contribution in [0.15, 0.2) is 66.4 Å². The van der Waals surface area contributed by atoms with E-state index in [0.29, 0.717) is 30.4 Å². The number of aliphatic hydroxyl groups excluding tert-OH is 1. The number of fused-ring (bicyclic) bond motifs is 1. The molecule has 3 heterocycles. The number of aromatic nitrogens is 1. The van der Waals surface area contributed by atoms with Gasteiger partial charge in [0, 0.05) is 24.2 Å². The zero-order valence-corrected chi connectivity index (χ0v) is 16.6. The van der Waals surface area contributed by atoms with Crippen molar-refractivity contribution in [2.75, 3.05) is 11.5 Å². The minimum Gasteiger partial charge on any atom is -0.507 e. The zero-order chi connectivity index (χ0) is 22.4. The van der Waals surface area contributed by atoms with Gasteiger partial charge in [-0.1, -0.05) is 6.07 Å². The van der Waals surface area contributed by atoms with Crippen molar-refractivity contribution in [2.24, 2.45) is 0 Å². The van der Waals surface area contributed by atoms with E-state index in [4.69, 9.17) is 4.74 Å². The van der Waals surface area contributed by atoms with Crippen molar-refractivity contribution in [1.82, 2.24) is 4.98 Å². The summed E-state index contributed by atoms with van der Waals surface area (Å²) in [4.78, 5) is 31.2. The van der Waals surface area contributed by atoms with Gasteiger partial charge < -0.3 is 9.84 Å². The number of aliphatic hydroxyl groups is 1. The average Bonchev–Trinajstić information content (AvgIpc) is 3.36. The Morgan fingerprint density at radius 2 is 1.94 bits per heavy atom. The van der Waals surface area contributed by atoms with Gasteiger partial charge in [0.2, 0.25) is 0 Å². The molecule has 0 spiro atoms. The molecule has 1 unspecified atom stereocenters. The molecule has 0 radical (unpaired) electrons. The van der Waals surface area contributed by atoms with Crippen LogP contribution in [-0.4, -0.2) is 28.4 Å². The van der Waals surface area contributed by atoms with Crippen LogP contribution >= 0.6 is 0 Å². The zero-order valence-electron chi connectivity index (χ0n) is 16.6. The van der Waals surface area contributed by atoms with Crippen molar-refractivity contribution in [3.8, 4) is 5.75 Å². The van der Waals surface area contributed by atoms with E-state index in [-0.39, 0.29) is 17.0 Å². The summed E-state index contributed by atoms with van der Waals surface area (Å²) in [7, 11) is 0. The molecule has 0 aliphatic carbocycles. The van der Waals surface area contributed by atoms with Gasteiger partial charge in [-0.2, -0.15) is 0 Å². The normalized spacial score (nSPS) is 19.2. The molecule has 2 aliphatic rings. The van der Waals surface area contributed by atoms with Crippen molar-refractivity contribution >= 4 is 23.1 Å². The van der Waals surface area contributed by atoms with Crippen LogP contribution in [0.25, 0.3) is 5.76 Å². The average molecular weight is 434 g/mol. The maximum Gasteiger partial charge on any atom is 0.300 e. The molecule has 2 aliphatic heterocycles. The summed E-state index contributed by atoms with van der Waals surface area (Å²) >= 11 is 0. The Bertz CT molecular complexity index is 1290. The van der Waals surface area contributed by atoms with Crippen molar-refractivity contribution < 1.29 is 28.2 Å². The van der Waals surface area contributed by atoms with Gasteiger partial charge in [-0.25, -0.2) is 8.78 Å². The number of hydrogen-bond donors (Lipinski definition) is 1. The van der Waals surface area contributed by atoms with E-state index in [0.717, 1.165) is 22.6 Å². The molecule has 32 heavy (non-hydrogen) atoms. The minimum atomic E-state index is -1.19. The topological polar surface area (TPSA) is 79.7 Å². The van der Waals surface area contributed by atoms with Crippen LogP contribution in [0, 0.1) is 11.6 Å². The quantitative estimate of drug-likeness (QED) is 0.384. The standard InChI is InChI=1S/C24H16F2N2O4/c25-15-5-6-18(16(26)12-15)28-21(17-3-1-2-9-27-17)20(23(30)24(28)31)22(29)14-4-7-19-13(11-14)8-10-32-19/h1-7,9,11-12,21,29H,8,10H2/b22-20-. The number of ketones is 1. The molecule has 6 nitrogen and oxygen atoms in total. The molecular formula is C24H16F2N2O4. The molecule has 1 amide bonds. The number of carbonyl (C=O) groups is 2. The summed E-state index contributed by atoms with van der Waals surface area (Å²) in [5.74, 6) is -3.58. The second-order valence-corrected chi connectivity index (χ2v) is 7.44. The number of nitrogens with zero attached hydrogens (tertiary/aromatic N) is 2. The van der Waals surface area contributed by atoms with Crippen molar-refractivity contribution in [1.29, 1.82) is 0 Å². The fourth-order valence-electron chi connectivity index (χ4n) is 4.06. The van der Waals surface area contributed by atoms with Crippen LogP contribution in [0.2, 0.25) is 0 Å². The summed E-state index contributed by atoms with van der Waals surface area (Å²) in [6.45, 7) is 0.516. The lowest BCUT2D eigenvalue weighted by Gasteiger charge is -2.25. The van der Waals surface area contributed by atoms with E-state index in [1.165, 1.54) is 6.20 Å². The highest BCUT2D eigenvalue weighted by Crippen LogP contribution is 2.42. The number of ether oxygens (including phenoxy) is 1. The van der Waals surface area contributed by atoms with Crippen LogP contribution in [0.3, 0.4) is 0 Å². The van der Waals surface area contributed by atoms with Crippen LogP contribution in [0.1, 0.15) is 22.9 Å². The first-order valence-corrected chi connectivity index (χ1v) is 9.89. The molecular weight excluding hydrogens is 418 g/mol. The summed E-state index contributed by atoms with van der Waals surface area (Å²) in [6, 6.07) is 11.3.